The highest BCUT2D eigenvalue weighted by Crippen LogP contribution is 2.44. The normalized spacial score (nSPS) is 11.1. The van der Waals surface area contributed by atoms with Gasteiger partial charge in [-0.15, -0.1) is 0 Å². The SMILES string of the molecule is O=C(O)c1cc(Oc2ccc(C(F)(F)F)cc2)c(OF)c(OF)c1F. The molecule has 1 N–H and O–H groups in total. The molecule has 0 aliphatic carbocycles. The van der Waals surface area contributed by atoms with Crippen molar-refractivity contribution in [3.05, 3.63) is 47.3 Å². The zero-order valence-corrected chi connectivity index (χ0v) is 11.7. The number of ether oxygens (including phenoxy) is 1. The van der Waals surface area contributed by atoms with Gasteiger partial charge in [-0.05, 0) is 24.3 Å². The van der Waals surface area contributed by atoms with Crippen molar-refractivity contribution in [2.45, 2.75) is 6.18 Å². The van der Waals surface area contributed by atoms with E-state index in [-0.39, 0.29) is 5.75 Å². The Kier molecular flexibility index (Phi) is 4.95. The number of aromatic carboxylic acids is 1. The lowest BCUT2D eigenvalue weighted by Crippen LogP contribution is -2.05. The van der Waals surface area contributed by atoms with Gasteiger partial charge < -0.3 is 9.84 Å². The molecular weight excluding hydrogens is 362 g/mol. The Morgan fingerprint density at radius 2 is 1.56 bits per heavy atom. The number of hydrogen-bond acceptors (Lipinski definition) is 4. The third kappa shape index (κ3) is 3.70. The first-order chi connectivity index (χ1) is 11.7. The van der Waals surface area contributed by atoms with Crippen molar-refractivity contribution in [1.29, 1.82) is 0 Å². The molecular formula is C14H6F6O5. The van der Waals surface area contributed by atoms with Crippen molar-refractivity contribution < 1.29 is 51.1 Å². The number of alkyl halides is 3. The molecule has 0 unspecified atom stereocenters. The standard InChI is InChI=1S/C14H6F6O5/c15-10-8(13(21)22)5-9(11(24-19)12(10)25-20)23-7-3-1-6(2-4-7)14(16,17)18/h1-5H,(H,21,22). The fraction of sp³-hybridized carbons (Fsp3) is 0.0714. The van der Waals surface area contributed by atoms with Crippen LogP contribution in [-0.4, -0.2) is 11.1 Å². The van der Waals surface area contributed by atoms with E-state index in [2.05, 4.69) is 9.88 Å². The molecule has 2 aromatic carbocycles. The van der Waals surface area contributed by atoms with Crippen LogP contribution in [0.3, 0.4) is 0 Å². The molecule has 134 valence electrons. The molecule has 0 spiro atoms. The summed E-state index contributed by atoms with van der Waals surface area (Å²) < 4.78 is 81.1. The summed E-state index contributed by atoms with van der Waals surface area (Å²) in [4.78, 5) is 17.2. The van der Waals surface area contributed by atoms with E-state index in [0.29, 0.717) is 18.2 Å². The van der Waals surface area contributed by atoms with Gasteiger partial charge in [0.2, 0.25) is 0 Å². The molecule has 0 heterocycles. The Morgan fingerprint density at radius 3 is 2.00 bits per heavy atom. The maximum absolute atomic E-state index is 13.7. The number of carboxylic acid groups (broad SMARTS) is 1. The number of rotatable bonds is 5. The maximum atomic E-state index is 13.7. The van der Waals surface area contributed by atoms with Crippen LogP contribution in [0.4, 0.5) is 26.6 Å². The third-order valence-electron chi connectivity index (χ3n) is 2.94. The van der Waals surface area contributed by atoms with Crippen LogP contribution in [0.1, 0.15) is 15.9 Å². The summed E-state index contributed by atoms with van der Waals surface area (Å²) >= 11 is 0. The average Bonchev–Trinajstić information content (AvgIpc) is 2.55. The highest BCUT2D eigenvalue weighted by molar-refractivity contribution is 5.90. The van der Waals surface area contributed by atoms with Crippen LogP contribution in [0.5, 0.6) is 23.0 Å². The second kappa shape index (κ2) is 6.79. The van der Waals surface area contributed by atoms with Crippen molar-refractivity contribution in [2.24, 2.45) is 0 Å². The molecule has 0 saturated heterocycles. The van der Waals surface area contributed by atoms with Crippen LogP contribution in [0.15, 0.2) is 30.3 Å². The maximum Gasteiger partial charge on any atom is 0.416 e. The molecule has 0 fully saturated rings. The van der Waals surface area contributed by atoms with E-state index in [4.69, 9.17) is 9.84 Å². The molecule has 0 amide bonds. The molecule has 0 aromatic heterocycles. The Hall–Kier alpha value is -3.11. The summed E-state index contributed by atoms with van der Waals surface area (Å²) in [6.07, 6.45) is -4.62. The fourth-order valence-corrected chi connectivity index (χ4v) is 1.81. The summed E-state index contributed by atoms with van der Waals surface area (Å²) in [5, 5.41) is 8.83. The molecule has 25 heavy (non-hydrogen) atoms. The van der Waals surface area contributed by atoms with Crippen molar-refractivity contribution in [1.82, 2.24) is 0 Å². The van der Waals surface area contributed by atoms with E-state index in [9.17, 15) is 31.4 Å². The summed E-state index contributed by atoms with van der Waals surface area (Å²) in [5.41, 5.74) is -2.16. The van der Waals surface area contributed by atoms with Gasteiger partial charge in [0, 0.05) is 15.1 Å². The average molecular weight is 368 g/mol. The minimum absolute atomic E-state index is 0.320. The summed E-state index contributed by atoms with van der Waals surface area (Å²) in [5.74, 6) is -7.61. The second-order valence-electron chi connectivity index (χ2n) is 4.48. The van der Waals surface area contributed by atoms with Gasteiger partial charge in [-0.3, -0.25) is 9.88 Å². The van der Waals surface area contributed by atoms with Gasteiger partial charge in [-0.2, -0.15) is 13.2 Å². The molecule has 0 atom stereocenters. The first-order valence-electron chi connectivity index (χ1n) is 6.21. The van der Waals surface area contributed by atoms with Gasteiger partial charge in [-0.25, -0.2) is 9.18 Å². The number of carbonyl (C=O) groups is 1. The van der Waals surface area contributed by atoms with Crippen molar-refractivity contribution in [2.75, 3.05) is 0 Å². The van der Waals surface area contributed by atoms with E-state index in [1.165, 1.54) is 0 Å². The second-order valence-corrected chi connectivity index (χ2v) is 4.48. The molecule has 0 saturated carbocycles. The molecule has 2 aromatic rings. The predicted molar refractivity (Wildman–Crippen MR) is 68.3 cm³/mol. The predicted octanol–water partition coefficient (Wildman–Crippen LogP) is 4.86. The molecule has 0 bridgehead atoms. The summed E-state index contributed by atoms with van der Waals surface area (Å²) in [6.45, 7) is 0. The first kappa shape index (κ1) is 18.2. The Morgan fingerprint density at radius 1 is 1.00 bits per heavy atom. The number of hydrogen-bond donors (Lipinski definition) is 1. The van der Waals surface area contributed by atoms with E-state index in [1.807, 2.05) is 0 Å². The minimum Gasteiger partial charge on any atom is -0.478 e. The van der Waals surface area contributed by atoms with Crippen LogP contribution < -0.4 is 14.6 Å². The molecule has 5 nitrogen and oxygen atoms in total. The van der Waals surface area contributed by atoms with Crippen LogP contribution in [0.2, 0.25) is 0 Å². The van der Waals surface area contributed by atoms with E-state index >= 15 is 0 Å². The Bertz CT molecular complexity index is 788. The zero-order chi connectivity index (χ0) is 18.8. The lowest BCUT2D eigenvalue weighted by Gasteiger charge is -2.12. The van der Waals surface area contributed by atoms with E-state index in [1.54, 1.807) is 0 Å². The fourth-order valence-electron chi connectivity index (χ4n) is 1.81. The topological polar surface area (TPSA) is 65.0 Å². The monoisotopic (exact) mass is 368 g/mol. The van der Waals surface area contributed by atoms with Crippen LogP contribution in [0.25, 0.3) is 0 Å². The van der Waals surface area contributed by atoms with E-state index < -0.39 is 46.3 Å². The highest BCUT2D eigenvalue weighted by atomic mass is 19.4. The highest BCUT2D eigenvalue weighted by Gasteiger charge is 2.31. The number of halogens is 6. The third-order valence-corrected chi connectivity index (χ3v) is 2.94. The minimum atomic E-state index is -4.62. The lowest BCUT2D eigenvalue weighted by atomic mass is 10.1. The molecule has 0 aliphatic heterocycles. The van der Waals surface area contributed by atoms with Crippen LogP contribution in [0, 0.1) is 5.82 Å². The van der Waals surface area contributed by atoms with Gasteiger partial charge in [0.15, 0.2) is 11.6 Å². The first-order valence-corrected chi connectivity index (χ1v) is 6.21. The van der Waals surface area contributed by atoms with E-state index in [0.717, 1.165) is 12.1 Å². The summed E-state index contributed by atoms with van der Waals surface area (Å²) in [6, 6.07) is 3.35. The van der Waals surface area contributed by atoms with Gasteiger partial charge in [-0.1, -0.05) is 0 Å². The molecule has 0 radical (unpaired) electrons. The van der Waals surface area contributed by atoms with Gasteiger partial charge in [0.1, 0.15) is 11.3 Å². The number of benzene rings is 2. The Labute approximate surface area is 134 Å². The van der Waals surface area contributed by atoms with Gasteiger partial charge >= 0.3 is 12.1 Å². The zero-order valence-electron chi connectivity index (χ0n) is 11.7. The van der Waals surface area contributed by atoms with Crippen molar-refractivity contribution in [3.63, 3.8) is 0 Å². The lowest BCUT2D eigenvalue weighted by molar-refractivity contribution is -0.137. The Balaban J connectivity index is 2.48. The van der Waals surface area contributed by atoms with Gasteiger partial charge in [0.25, 0.3) is 11.5 Å². The van der Waals surface area contributed by atoms with Crippen LogP contribution >= 0.6 is 0 Å². The van der Waals surface area contributed by atoms with Gasteiger partial charge in [0.05, 0.1) is 5.56 Å². The van der Waals surface area contributed by atoms with Crippen LogP contribution in [-0.2, 0) is 6.18 Å². The molecule has 2 rings (SSSR count). The summed E-state index contributed by atoms with van der Waals surface area (Å²) in [7, 11) is 0. The molecule has 0 aliphatic rings. The number of carboxylic acids is 1. The quantitative estimate of drug-likeness (QED) is 0.764. The largest absolute Gasteiger partial charge is 0.478 e. The van der Waals surface area contributed by atoms with Crippen molar-refractivity contribution in [3.8, 4) is 23.0 Å². The smallest absolute Gasteiger partial charge is 0.416 e. The molecule has 11 heteroatoms. The van der Waals surface area contributed by atoms with Crippen molar-refractivity contribution >= 4 is 5.97 Å².